The van der Waals surface area contributed by atoms with E-state index in [-0.39, 0.29) is 12.0 Å². The summed E-state index contributed by atoms with van der Waals surface area (Å²) in [4.78, 5) is 13.2. The zero-order valence-electron chi connectivity index (χ0n) is 10.1. The summed E-state index contributed by atoms with van der Waals surface area (Å²) < 4.78 is 0. The van der Waals surface area contributed by atoms with Gasteiger partial charge in [-0.25, -0.2) is 0 Å². The minimum absolute atomic E-state index is 0.0193. The Morgan fingerprint density at radius 1 is 1.50 bits per heavy atom. The van der Waals surface area contributed by atoms with Crippen LogP contribution in [0.1, 0.15) is 13.3 Å². The SMILES string of the molecule is C[C@@H]1[C@@H](C(=O)O)CCN1c1n[nH]c2ccccc12. The zero-order chi connectivity index (χ0) is 12.7. The molecule has 0 saturated carbocycles. The Morgan fingerprint density at radius 3 is 3.00 bits per heavy atom. The van der Waals surface area contributed by atoms with Crippen LogP contribution in [-0.2, 0) is 4.79 Å². The molecule has 0 radical (unpaired) electrons. The summed E-state index contributed by atoms with van der Waals surface area (Å²) in [5, 5.41) is 17.5. The number of hydrogen-bond acceptors (Lipinski definition) is 3. The Hall–Kier alpha value is -2.04. The monoisotopic (exact) mass is 245 g/mol. The Labute approximate surface area is 104 Å². The smallest absolute Gasteiger partial charge is 0.308 e. The topological polar surface area (TPSA) is 69.2 Å². The number of carboxylic acid groups (broad SMARTS) is 1. The predicted octanol–water partition coefficient (Wildman–Crippen LogP) is 1.86. The largest absolute Gasteiger partial charge is 0.481 e. The van der Waals surface area contributed by atoms with Crippen LogP contribution in [0, 0.1) is 5.92 Å². The highest BCUT2D eigenvalue weighted by Crippen LogP contribution is 2.32. The van der Waals surface area contributed by atoms with E-state index < -0.39 is 5.97 Å². The van der Waals surface area contributed by atoms with E-state index in [1.54, 1.807) is 0 Å². The number of nitrogens with one attached hydrogen (secondary N) is 1. The van der Waals surface area contributed by atoms with Gasteiger partial charge in [0.25, 0.3) is 0 Å². The second-order valence-electron chi connectivity index (χ2n) is 4.76. The van der Waals surface area contributed by atoms with Crippen LogP contribution in [0.4, 0.5) is 5.82 Å². The van der Waals surface area contributed by atoms with E-state index >= 15 is 0 Å². The number of rotatable bonds is 2. The van der Waals surface area contributed by atoms with Crippen LogP contribution in [-0.4, -0.2) is 33.9 Å². The molecule has 5 heteroatoms. The highest BCUT2D eigenvalue weighted by atomic mass is 16.4. The number of benzene rings is 1. The average molecular weight is 245 g/mol. The fraction of sp³-hybridized carbons (Fsp3) is 0.385. The molecule has 2 aromatic rings. The molecule has 0 unspecified atom stereocenters. The molecule has 94 valence electrons. The second kappa shape index (κ2) is 4.01. The Bertz CT molecular complexity index is 593. The molecule has 0 bridgehead atoms. The van der Waals surface area contributed by atoms with Crippen molar-refractivity contribution in [2.45, 2.75) is 19.4 Å². The fourth-order valence-electron chi connectivity index (χ4n) is 2.74. The summed E-state index contributed by atoms with van der Waals surface area (Å²) in [5.41, 5.74) is 0.985. The lowest BCUT2D eigenvalue weighted by Gasteiger charge is -2.23. The van der Waals surface area contributed by atoms with Crippen molar-refractivity contribution in [3.63, 3.8) is 0 Å². The van der Waals surface area contributed by atoms with Crippen LogP contribution in [0.3, 0.4) is 0 Å². The van der Waals surface area contributed by atoms with E-state index in [1.807, 2.05) is 31.2 Å². The molecule has 2 heterocycles. The lowest BCUT2D eigenvalue weighted by molar-refractivity contribution is -0.141. The van der Waals surface area contributed by atoms with Crippen LogP contribution in [0.25, 0.3) is 10.9 Å². The first-order chi connectivity index (χ1) is 8.68. The van der Waals surface area contributed by atoms with Crippen LogP contribution in [0.15, 0.2) is 24.3 Å². The number of anilines is 1. The normalized spacial score (nSPS) is 23.7. The van der Waals surface area contributed by atoms with Crippen molar-refractivity contribution in [3.05, 3.63) is 24.3 Å². The van der Waals surface area contributed by atoms with Gasteiger partial charge in [-0.1, -0.05) is 12.1 Å². The van der Waals surface area contributed by atoms with Gasteiger partial charge in [0.15, 0.2) is 5.82 Å². The second-order valence-corrected chi connectivity index (χ2v) is 4.76. The first-order valence-corrected chi connectivity index (χ1v) is 6.11. The van der Waals surface area contributed by atoms with Crippen LogP contribution in [0.2, 0.25) is 0 Å². The molecule has 18 heavy (non-hydrogen) atoms. The van der Waals surface area contributed by atoms with E-state index in [9.17, 15) is 4.79 Å². The highest BCUT2D eigenvalue weighted by molar-refractivity contribution is 5.90. The van der Waals surface area contributed by atoms with Gasteiger partial charge < -0.3 is 10.0 Å². The number of hydrogen-bond donors (Lipinski definition) is 2. The van der Waals surface area contributed by atoms with Crippen molar-refractivity contribution in [2.24, 2.45) is 5.92 Å². The molecule has 1 aliphatic rings. The Kier molecular flexibility index (Phi) is 2.47. The lowest BCUT2D eigenvalue weighted by atomic mass is 10.0. The molecule has 1 aromatic heterocycles. The third kappa shape index (κ3) is 1.54. The van der Waals surface area contributed by atoms with Gasteiger partial charge in [-0.2, -0.15) is 5.10 Å². The molecule has 2 N–H and O–H groups in total. The van der Waals surface area contributed by atoms with Crippen molar-refractivity contribution in [1.29, 1.82) is 0 Å². The summed E-state index contributed by atoms with van der Waals surface area (Å²) in [7, 11) is 0. The van der Waals surface area contributed by atoms with Gasteiger partial charge in [0.05, 0.1) is 11.4 Å². The van der Waals surface area contributed by atoms with Gasteiger partial charge in [-0.3, -0.25) is 9.89 Å². The quantitative estimate of drug-likeness (QED) is 0.847. The first kappa shape index (κ1) is 11.1. The molecular weight excluding hydrogens is 230 g/mol. The minimum atomic E-state index is -0.718. The summed E-state index contributed by atoms with van der Waals surface area (Å²) in [6.45, 7) is 2.70. The average Bonchev–Trinajstić information content (AvgIpc) is 2.92. The highest BCUT2D eigenvalue weighted by Gasteiger charge is 2.37. The predicted molar refractivity (Wildman–Crippen MR) is 68.6 cm³/mol. The molecule has 1 saturated heterocycles. The Morgan fingerprint density at radius 2 is 2.28 bits per heavy atom. The number of nitrogens with zero attached hydrogens (tertiary/aromatic N) is 2. The number of aliphatic carboxylic acids is 1. The van der Waals surface area contributed by atoms with E-state index in [2.05, 4.69) is 15.1 Å². The summed E-state index contributed by atoms with van der Waals surface area (Å²) in [5.74, 6) is -0.160. The van der Waals surface area contributed by atoms with Crippen molar-refractivity contribution in [1.82, 2.24) is 10.2 Å². The molecule has 1 aliphatic heterocycles. The molecule has 2 atom stereocenters. The summed E-state index contributed by atoms with van der Waals surface area (Å²) >= 11 is 0. The van der Waals surface area contributed by atoms with Gasteiger partial charge in [0, 0.05) is 18.0 Å². The maximum absolute atomic E-state index is 11.1. The van der Waals surface area contributed by atoms with Gasteiger partial charge in [-0.15, -0.1) is 0 Å². The van der Waals surface area contributed by atoms with Crippen LogP contribution < -0.4 is 4.90 Å². The standard InChI is InChI=1S/C13H15N3O2/c1-8-9(13(17)18)6-7-16(8)12-10-4-2-3-5-11(10)14-15-12/h2-5,8-9H,6-7H2,1H3,(H,14,15)(H,17,18)/t8-,9+/m1/s1. The molecule has 1 aromatic carbocycles. The van der Waals surface area contributed by atoms with Crippen molar-refractivity contribution in [2.75, 3.05) is 11.4 Å². The molecule has 5 nitrogen and oxygen atoms in total. The lowest BCUT2D eigenvalue weighted by Crippen LogP contribution is -2.33. The van der Waals surface area contributed by atoms with Crippen LogP contribution in [0.5, 0.6) is 0 Å². The third-order valence-electron chi connectivity index (χ3n) is 3.79. The maximum Gasteiger partial charge on any atom is 0.308 e. The number of carboxylic acids is 1. The molecule has 0 aliphatic carbocycles. The van der Waals surface area contributed by atoms with E-state index in [1.165, 1.54) is 0 Å². The number of H-pyrrole nitrogens is 1. The maximum atomic E-state index is 11.1. The number of para-hydroxylation sites is 1. The number of carbonyl (C=O) groups is 1. The summed E-state index contributed by atoms with van der Waals surface area (Å²) in [6.07, 6.45) is 0.678. The summed E-state index contributed by atoms with van der Waals surface area (Å²) in [6, 6.07) is 7.89. The zero-order valence-corrected chi connectivity index (χ0v) is 10.1. The van der Waals surface area contributed by atoms with E-state index in [0.717, 1.165) is 23.3 Å². The van der Waals surface area contributed by atoms with Gasteiger partial charge in [0.1, 0.15) is 0 Å². The van der Waals surface area contributed by atoms with E-state index in [4.69, 9.17) is 5.11 Å². The third-order valence-corrected chi connectivity index (χ3v) is 3.79. The van der Waals surface area contributed by atoms with Crippen LogP contribution >= 0.6 is 0 Å². The Balaban J connectivity index is 1.99. The van der Waals surface area contributed by atoms with Crippen molar-refractivity contribution < 1.29 is 9.90 Å². The molecule has 1 fully saturated rings. The minimum Gasteiger partial charge on any atom is -0.481 e. The van der Waals surface area contributed by atoms with Gasteiger partial charge in [0.2, 0.25) is 0 Å². The van der Waals surface area contributed by atoms with Crippen molar-refractivity contribution >= 4 is 22.7 Å². The number of fused-ring (bicyclic) bond motifs is 1. The molecule has 0 spiro atoms. The fourth-order valence-corrected chi connectivity index (χ4v) is 2.74. The number of aromatic nitrogens is 2. The molecular formula is C13H15N3O2. The number of aromatic amines is 1. The van der Waals surface area contributed by atoms with Gasteiger partial charge >= 0.3 is 5.97 Å². The molecule has 3 rings (SSSR count). The van der Waals surface area contributed by atoms with Gasteiger partial charge in [-0.05, 0) is 25.5 Å². The van der Waals surface area contributed by atoms with Crippen molar-refractivity contribution in [3.8, 4) is 0 Å². The molecule has 0 amide bonds. The first-order valence-electron chi connectivity index (χ1n) is 6.11. The van der Waals surface area contributed by atoms with E-state index in [0.29, 0.717) is 6.42 Å².